The standard InChI is InChI=1S/C19H25F2N3O4/c20-19(21)28-15-6-5-13(11-16(15)27-14-3-1-2-4-14)23-7-9-24(10-8-23)18(26)12-17(22)25/h5-6,11,14,19H,1-4,7-10,12H2,(H2,22,25). The van der Waals surface area contributed by atoms with Crippen molar-refractivity contribution < 1.29 is 27.8 Å². The lowest BCUT2D eigenvalue weighted by Crippen LogP contribution is -2.49. The molecule has 7 nitrogen and oxygen atoms in total. The molecule has 1 heterocycles. The molecule has 1 aromatic rings. The van der Waals surface area contributed by atoms with E-state index in [2.05, 4.69) is 4.74 Å². The maximum atomic E-state index is 12.7. The van der Waals surface area contributed by atoms with Gasteiger partial charge in [0.05, 0.1) is 6.10 Å². The first-order valence-corrected chi connectivity index (χ1v) is 9.49. The zero-order valence-electron chi connectivity index (χ0n) is 15.6. The Labute approximate surface area is 162 Å². The minimum absolute atomic E-state index is 0.0125. The molecule has 2 aliphatic rings. The summed E-state index contributed by atoms with van der Waals surface area (Å²) in [5, 5.41) is 0. The number of amides is 2. The quantitative estimate of drug-likeness (QED) is 0.713. The highest BCUT2D eigenvalue weighted by atomic mass is 19.3. The van der Waals surface area contributed by atoms with E-state index in [1.807, 2.05) is 4.90 Å². The van der Waals surface area contributed by atoms with Crippen molar-refractivity contribution in [3.63, 3.8) is 0 Å². The van der Waals surface area contributed by atoms with Crippen molar-refractivity contribution in [2.75, 3.05) is 31.1 Å². The van der Waals surface area contributed by atoms with Crippen molar-refractivity contribution in [2.24, 2.45) is 5.73 Å². The van der Waals surface area contributed by atoms with Crippen molar-refractivity contribution in [1.82, 2.24) is 4.90 Å². The molecule has 1 saturated carbocycles. The molecule has 2 N–H and O–H groups in total. The number of carbonyl (C=O) groups is 2. The number of alkyl halides is 2. The second-order valence-electron chi connectivity index (χ2n) is 7.04. The van der Waals surface area contributed by atoms with Crippen LogP contribution in [0.15, 0.2) is 18.2 Å². The first-order chi connectivity index (χ1) is 13.4. The van der Waals surface area contributed by atoms with E-state index in [1.165, 1.54) is 6.07 Å². The summed E-state index contributed by atoms with van der Waals surface area (Å²) in [5.74, 6) is -0.577. The second-order valence-corrected chi connectivity index (χ2v) is 7.04. The lowest BCUT2D eigenvalue weighted by molar-refractivity contribution is -0.135. The van der Waals surface area contributed by atoms with Crippen molar-refractivity contribution in [2.45, 2.75) is 44.8 Å². The van der Waals surface area contributed by atoms with Crippen LogP contribution in [0.25, 0.3) is 0 Å². The highest BCUT2D eigenvalue weighted by Crippen LogP contribution is 2.36. The van der Waals surface area contributed by atoms with Gasteiger partial charge in [-0.2, -0.15) is 8.78 Å². The Morgan fingerprint density at radius 3 is 2.39 bits per heavy atom. The van der Waals surface area contributed by atoms with Crippen LogP contribution in [-0.4, -0.2) is 55.6 Å². The fourth-order valence-electron chi connectivity index (χ4n) is 3.64. The number of hydrogen-bond donors (Lipinski definition) is 1. The fraction of sp³-hybridized carbons (Fsp3) is 0.579. The van der Waals surface area contributed by atoms with Gasteiger partial charge in [0, 0.05) is 37.9 Å². The van der Waals surface area contributed by atoms with Gasteiger partial charge in [0.2, 0.25) is 11.8 Å². The molecular weight excluding hydrogens is 372 g/mol. The van der Waals surface area contributed by atoms with Crippen LogP contribution >= 0.6 is 0 Å². The van der Waals surface area contributed by atoms with Gasteiger partial charge in [-0.25, -0.2) is 0 Å². The van der Waals surface area contributed by atoms with E-state index in [9.17, 15) is 18.4 Å². The van der Waals surface area contributed by atoms with E-state index in [1.54, 1.807) is 17.0 Å². The monoisotopic (exact) mass is 397 g/mol. The van der Waals surface area contributed by atoms with Crippen LogP contribution in [0.2, 0.25) is 0 Å². The molecule has 1 aliphatic carbocycles. The summed E-state index contributed by atoms with van der Waals surface area (Å²) < 4.78 is 36.0. The number of primary amides is 1. The molecule has 2 amide bonds. The van der Waals surface area contributed by atoms with E-state index in [0.717, 1.165) is 31.4 Å². The zero-order valence-corrected chi connectivity index (χ0v) is 15.6. The molecule has 2 fully saturated rings. The number of hydrogen-bond acceptors (Lipinski definition) is 5. The number of nitrogens with two attached hydrogens (primary N) is 1. The van der Waals surface area contributed by atoms with Crippen LogP contribution < -0.4 is 20.1 Å². The van der Waals surface area contributed by atoms with Gasteiger partial charge in [-0.15, -0.1) is 0 Å². The van der Waals surface area contributed by atoms with Crippen LogP contribution in [0.1, 0.15) is 32.1 Å². The summed E-state index contributed by atoms with van der Waals surface area (Å²) in [4.78, 5) is 26.5. The summed E-state index contributed by atoms with van der Waals surface area (Å²) >= 11 is 0. The average molecular weight is 397 g/mol. The van der Waals surface area contributed by atoms with Gasteiger partial charge in [-0.05, 0) is 37.8 Å². The predicted molar refractivity (Wildman–Crippen MR) is 98.6 cm³/mol. The van der Waals surface area contributed by atoms with Crippen molar-refractivity contribution in [3.8, 4) is 11.5 Å². The lowest BCUT2D eigenvalue weighted by atomic mass is 10.2. The number of nitrogens with zero attached hydrogens (tertiary/aromatic N) is 2. The van der Waals surface area contributed by atoms with E-state index < -0.39 is 12.5 Å². The smallest absolute Gasteiger partial charge is 0.387 e. The van der Waals surface area contributed by atoms with Crippen LogP contribution in [0.4, 0.5) is 14.5 Å². The number of piperazine rings is 1. The maximum Gasteiger partial charge on any atom is 0.387 e. The van der Waals surface area contributed by atoms with Gasteiger partial charge in [0.1, 0.15) is 6.42 Å². The third-order valence-corrected chi connectivity index (χ3v) is 5.06. The Morgan fingerprint density at radius 1 is 1.11 bits per heavy atom. The summed E-state index contributed by atoms with van der Waals surface area (Å²) in [6.07, 6.45) is 3.66. The Morgan fingerprint density at radius 2 is 1.79 bits per heavy atom. The van der Waals surface area contributed by atoms with Gasteiger partial charge in [-0.1, -0.05) is 0 Å². The Bertz CT molecular complexity index is 702. The molecular formula is C19H25F2N3O4. The molecule has 0 unspecified atom stereocenters. The molecule has 3 rings (SSSR count). The molecule has 1 saturated heterocycles. The molecule has 0 aromatic heterocycles. The molecule has 1 aromatic carbocycles. The van der Waals surface area contributed by atoms with Crippen LogP contribution in [-0.2, 0) is 9.59 Å². The van der Waals surface area contributed by atoms with Gasteiger partial charge in [0.15, 0.2) is 11.5 Å². The number of benzene rings is 1. The Balaban J connectivity index is 1.68. The topological polar surface area (TPSA) is 85.1 Å². The first kappa shape index (κ1) is 20.2. The molecule has 0 radical (unpaired) electrons. The summed E-state index contributed by atoms with van der Waals surface area (Å²) in [7, 11) is 0. The zero-order chi connectivity index (χ0) is 20.1. The summed E-state index contributed by atoms with van der Waals surface area (Å²) in [5.41, 5.74) is 5.89. The fourth-order valence-corrected chi connectivity index (χ4v) is 3.64. The van der Waals surface area contributed by atoms with Gasteiger partial charge >= 0.3 is 6.61 Å². The minimum atomic E-state index is -2.92. The normalized spacial score (nSPS) is 17.8. The summed E-state index contributed by atoms with van der Waals surface area (Å²) in [6, 6.07) is 4.92. The number of ether oxygens (including phenoxy) is 2. The van der Waals surface area contributed by atoms with Gasteiger partial charge in [0.25, 0.3) is 0 Å². The molecule has 0 spiro atoms. The van der Waals surface area contributed by atoms with E-state index >= 15 is 0 Å². The van der Waals surface area contributed by atoms with Crippen molar-refractivity contribution in [1.29, 1.82) is 0 Å². The number of anilines is 1. The van der Waals surface area contributed by atoms with Crippen molar-refractivity contribution >= 4 is 17.5 Å². The predicted octanol–water partition coefficient (Wildman–Crippen LogP) is 2.13. The molecule has 9 heteroatoms. The molecule has 28 heavy (non-hydrogen) atoms. The molecule has 0 bridgehead atoms. The van der Waals surface area contributed by atoms with Gasteiger partial charge in [-0.3, -0.25) is 9.59 Å². The van der Waals surface area contributed by atoms with Crippen LogP contribution in [0, 0.1) is 0 Å². The third-order valence-electron chi connectivity index (χ3n) is 5.06. The molecule has 1 aliphatic heterocycles. The Hall–Kier alpha value is -2.58. The first-order valence-electron chi connectivity index (χ1n) is 9.49. The van der Waals surface area contributed by atoms with Crippen LogP contribution in [0.5, 0.6) is 11.5 Å². The maximum absolute atomic E-state index is 12.7. The number of rotatable bonds is 7. The Kier molecular flexibility index (Phi) is 6.53. The average Bonchev–Trinajstić information content (AvgIpc) is 3.15. The van der Waals surface area contributed by atoms with E-state index in [0.29, 0.717) is 31.9 Å². The van der Waals surface area contributed by atoms with Crippen molar-refractivity contribution in [3.05, 3.63) is 18.2 Å². The highest BCUT2D eigenvalue weighted by molar-refractivity contribution is 5.96. The number of halogens is 2. The minimum Gasteiger partial charge on any atom is -0.486 e. The molecule has 0 atom stereocenters. The number of carbonyl (C=O) groups excluding carboxylic acids is 2. The third kappa shape index (κ3) is 5.24. The van der Waals surface area contributed by atoms with E-state index in [-0.39, 0.29) is 24.2 Å². The summed E-state index contributed by atoms with van der Waals surface area (Å²) in [6.45, 7) is -0.887. The highest BCUT2D eigenvalue weighted by Gasteiger charge is 2.24. The molecule has 154 valence electrons. The SMILES string of the molecule is NC(=O)CC(=O)N1CCN(c2ccc(OC(F)F)c(OC3CCCC3)c2)CC1. The largest absolute Gasteiger partial charge is 0.486 e. The lowest BCUT2D eigenvalue weighted by Gasteiger charge is -2.36. The van der Waals surface area contributed by atoms with E-state index in [4.69, 9.17) is 10.5 Å². The van der Waals surface area contributed by atoms with Crippen LogP contribution in [0.3, 0.4) is 0 Å². The second kappa shape index (κ2) is 9.07. The van der Waals surface area contributed by atoms with Gasteiger partial charge < -0.3 is 25.0 Å².